The first-order chi connectivity index (χ1) is 15.9. The lowest BCUT2D eigenvalue weighted by Crippen LogP contribution is -2.50. The van der Waals surface area contributed by atoms with E-state index in [4.69, 9.17) is 11.6 Å². The van der Waals surface area contributed by atoms with E-state index < -0.39 is 0 Å². The second-order valence-corrected chi connectivity index (χ2v) is 8.67. The van der Waals surface area contributed by atoms with Gasteiger partial charge in [-0.1, -0.05) is 48.0 Å². The molecule has 1 fully saturated rings. The van der Waals surface area contributed by atoms with E-state index >= 15 is 0 Å². The van der Waals surface area contributed by atoms with Crippen LogP contribution in [0, 0.1) is 13.8 Å². The summed E-state index contributed by atoms with van der Waals surface area (Å²) >= 11 is 6.18. The minimum Gasteiger partial charge on any atom is -0.340 e. The first-order valence-corrected chi connectivity index (χ1v) is 11.4. The lowest BCUT2D eigenvalue weighted by Gasteiger charge is -2.34. The van der Waals surface area contributed by atoms with Gasteiger partial charge in [-0.25, -0.2) is 4.68 Å². The largest absolute Gasteiger partial charge is 0.340 e. The van der Waals surface area contributed by atoms with Crippen LogP contribution >= 0.6 is 11.6 Å². The van der Waals surface area contributed by atoms with E-state index in [1.807, 2.05) is 72.0 Å². The van der Waals surface area contributed by atoms with Crippen LogP contribution in [0.4, 0.5) is 5.69 Å². The zero-order valence-electron chi connectivity index (χ0n) is 18.9. The Morgan fingerprint density at radius 1 is 0.970 bits per heavy atom. The molecule has 0 spiro atoms. The van der Waals surface area contributed by atoms with Crippen molar-refractivity contribution < 1.29 is 9.59 Å². The zero-order chi connectivity index (χ0) is 23.4. The number of aromatic nitrogens is 2. The third kappa shape index (κ3) is 5.43. The number of nitrogens with zero attached hydrogens (tertiary/aromatic N) is 4. The number of piperazine rings is 1. The molecule has 7 nitrogen and oxygen atoms in total. The Kier molecular flexibility index (Phi) is 7.11. The van der Waals surface area contributed by atoms with Crippen LogP contribution in [0.2, 0.25) is 5.02 Å². The number of halogens is 1. The molecule has 33 heavy (non-hydrogen) atoms. The average molecular weight is 466 g/mol. The molecule has 4 rings (SSSR count). The summed E-state index contributed by atoms with van der Waals surface area (Å²) < 4.78 is 1.84. The summed E-state index contributed by atoms with van der Waals surface area (Å²) in [6, 6.07) is 17.3. The normalized spacial score (nSPS) is 14.3. The van der Waals surface area contributed by atoms with E-state index in [2.05, 4.69) is 15.3 Å². The molecule has 1 aromatic heterocycles. The van der Waals surface area contributed by atoms with E-state index in [9.17, 15) is 9.59 Å². The number of carbonyl (C=O) groups is 2. The maximum atomic E-state index is 12.7. The molecule has 2 heterocycles. The highest BCUT2D eigenvalue weighted by Crippen LogP contribution is 2.23. The van der Waals surface area contributed by atoms with Gasteiger partial charge in [-0.2, -0.15) is 5.10 Å². The van der Waals surface area contributed by atoms with Gasteiger partial charge in [0.1, 0.15) is 0 Å². The third-order valence-corrected chi connectivity index (χ3v) is 6.32. The number of nitrogens with one attached hydrogen (secondary N) is 1. The number of anilines is 1. The maximum absolute atomic E-state index is 12.7. The number of aryl methyl sites for hydroxylation is 1. The molecule has 1 N–H and O–H groups in total. The molecule has 8 heteroatoms. The Balaban J connectivity index is 1.30. The molecule has 1 aliphatic heterocycles. The van der Waals surface area contributed by atoms with Crippen molar-refractivity contribution in [3.05, 3.63) is 76.6 Å². The summed E-state index contributed by atoms with van der Waals surface area (Å²) in [4.78, 5) is 29.3. The summed E-state index contributed by atoms with van der Waals surface area (Å²) in [6.45, 7) is 6.63. The summed E-state index contributed by atoms with van der Waals surface area (Å²) in [5, 5.41) is 8.23. The Morgan fingerprint density at radius 3 is 2.33 bits per heavy atom. The second kappa shape index (κ2) is 10.2. The molecule has 3 aromatic rings. The summed E-state index contributed by atoms with van der Waals surface area (Å²) in [5.74, 6) is -0.0172. The van der Waals surface area contributed by atoms with Gasteiger partial charge in [0.2, 0.25) is 11.8 Å². The predicted molar refractivity (Wildman–Crippen MR) is 130 cm³/mol. The molecular weight excluding hydrogens is 438 g/mol. The third-order valence-electron chi connectivity index (χ3n) is 5.95. The molecule has 2 aromatic carbocycles. The van der Waals surface area contributed by atoms with Gasteiger partial charge in [0.05, 0.1) is 35.7 Å². The number of hydrogen-bond acceptors (Lipinski definition) is 4. The molecule has 0 radical (unpaired) electrons. The predicted octanol–water partition coefficient (Wildman–Crippen LogP) is 3.47. The van der Waals surface area contributed by atoms with E-state index in [1.165, 1.54) is 0 Å². The lowest BCUT2D eigenvalue weighted by molar-refractivity contribution is -0.132. The molecule has 1 saturated heterocycles. The van der Waals surface area contributed by atoms with E-state index in [0.29, 0.717) is 37.6 Å². The summed E-state index contributed by atoms with van der Waals surface area (Å²) in [7, 11) is 0. The number of benzene rings is 2. The fourth-order valence-electron chi connectivity index (χ4n) is 4.10. The van der Waals surface area contributed by atoms with E-state index in [-0.39, 0.29) is 18.4 Å². The maximum Gasteiger partial charge on any atom is 0.238 e. The fraction of sp³-hybridized carbons (Fsp3) is 0.320. The van der Waals surface area contributed by atoms with Gasteiger partial charge < -0.3 is 10.2 Å². The van der Waals surface area contributed by atoms with Crippen LogP contribution in [-0.2, 0) is 16.0 Å². The van der Waals surface area contributed by atoms with Crippen LogP contribution in [0.5, 0.6) is 0 Å². The quantitative estimate of drug-likeness (QED) is 0.605. The van der Waals surface area contributed by atoms with Gasteiger partial charge in [0, 0.05) is 31.2 Å². The Labute approximate surface area is 198 Å². The Bertz CT molecular complexity index is 1140. The van der Waals surface area contributed by atoms with Crippen LogP contribution in [0.15, 0.2) is 54.6 Å². The lowest BCUT2D eigenvalue weighted by atomic mass is 10.1. The van der Waals surface area contributed by atoms with Crippen LogP contribution in [0.3, 0.4) is 0 Å². The summed E-state index contributed by atoms with van der Waals surface area (Å²) in [5.41, 5.74) is 4.21. The molecule has 0 unspecified atom stereocenters. The van der Waals surface area contributed by atoms with Gasteiger partial charge in [-0.3, -0.25) is 14.5 Å². The van der Waals surface area contributed by atoms with Gasteiger partial charge >= 0.3 is 0 Å². The first kappa shape index (κ1) is 23.0. The molecule has 0 bridgehead atoms. The minimum atomic E-state index is -0.0790. The van der Waals surface area contributed by atoms with E-state index in [0.717, 1.165) is 28.3 Å². The van der Waals surface area contributed by atoms with Crippen molar-refractivity contribution in [1.82, 2.24) is 19.6 Å². The smallest absolute Gasteiger partial charge is 0.238 e. The van der Waals surface area contributed by atoms with Crippen molar-refractivity contribution in [3.63, 3.8) is 0 Å². The van der Waals surface area contributed by atoms with Crippen molar-refractivity contribution in [1.29, 1.82) is 0 Å². The summed E-state index contributed by atoms with van der Waals surface area (Å²) in [6.07, 6.45) is 0.296. The van der Waals surface area contributed by atoms with Crippen molar-refractivity contribution >= 4 is 29.1 Å². The van der Waals surface area contributed by atoms with Crippen LogP contribution < -0.4 is 5.32 Å². The number of amides is 2. The number of hydrogen-bond donors (Lipinski definition) is 1. The van der Waals surface area contributed by atoms with E-state index in [1.54, 1.807) is 6.07 Å². The number of rotatable bonds is 6. The highest BCUT2D eigenvalue weighted by molar-refractivity contribution is 6.31. The molecule has 1 aliphatic rings. The van der Waals surface area contributed by atoms with Gasteiger partial charge in [0.15, 0.2) is 0 Å². The van der Waals surface area contributed by atoms with Crippen molar-refractivity contribution in [2.75, 3.05) is 38.0 Å². The van der Waals surface area contributed by atoms with Gasteiger partial charge in [0.25, 0.3) is 0 Å². The van der Waals surface area contributed by atoms with Crippen LogP contribution in [0.25, 0.3) is 5.69 Å². The molecule has 0 atom stereocenters. The fourth-order valence-corrected chi connectivity index (χ4v) is 4.30. The monoisotopic (exact) mass is 465 g/mol. The number of carbonyl (C=O) groups excluding carboxylic acids is 2. The molecular formula is C25H28ClN5O2. The second-order valence-electron chi connectivity index (χ2n) is 8.27. The topological polar surface area (TPSA) is 70.5 Å². The standard InChI is InChI=1S/C25H28ClN5O2/c1-18-25(19(2)31(28-18)21-9-4-3-5-10-21)27-23(32)17-29-12-14-30(15-13-29)24(33)16-20-8-6-7-11-22(20)26/h3-11H,12-17H2,1-2H3,(H,27,32). The highest BCUT2D eigenvalue weighted by atomic mass is 35.5. The van der Waals surface area contributed by atoms with Crippen molar-refractivity contribution in [3.8, 4) is 5.69 Å². The SMILES string of the molecule is Cc1nn(-c2ccccc2)c(C)c1NC(=O)CN1CCN(C(=O)Cc2ccccc2Cl)CC1. The Morgan fingerprint density at radius 2 is 1.64 bits per heavy atom. The van der Waals surface area contributed by atoms with Crippen molar-refractivity contribution in [2.45, 2.75) is 20.3 Å². The van der Waals surface area contributed by atoms with Crippen molar-refractivity contribution in [2.24, 2.45) is 0 Å². The molecule has 0 aliphatic carbocycles. The van der Waals surface area contributed by atoms with Crippen LogP contribution in [-0.4, -0.2) is 64.1 Å². The minimum absolute atomic E-state index is 0.0618. The molecule has 172 valence electrons. The molecule has 2 amide bonds. The van der Waals surface area contributed by atoms with Gasteiger partial charge in [-0.05, 0) is 37.6 Å². The van der Waals surface area contributed by atoms with Gasteiger partial charge in [-0.15, -0.1) is 0 Å². The Hall–Kier alpha value is -3.16. The van der Waals surface area contributed by atoms with Crippen LogP contribution in [0.1, 0.15) is 17.0 Å². The highest BCUT2D eigenvalue weighted by Gasteiger charge is 2.24. The number of para-hydroxylation sites is 1. The average Bonchev–Trinajstić information content (AvgIpc) is 3.10. The zero-order valence-corrected chi connectivity index (χ0v) is 19.7. The molecule has 0 saturated carbocycles. The first-order valence-electron chi connectivity index (χ1n) is 11.1.